The van der Waals surface area contributed by atoms with Crippen molar-refractivity contribution in [1.82, 2.24) is 0 Å². The molecule has 0 aliphatic heterocycles. The predicted octanol–water partition coefficient (Wildman–Crippen LogP) is 3.21. The second-order valence-electron chi connectivity index (χ2n) is 3.50. The van der Waals surface area contributed by atoms with Crippen LogP contribution >= 0.6 is 0 Å². The Bertz CT molecular complexity index is 617. The van der Waals surface area contributed by atoms with Gasteiger partial charge in [0.1, 0.15) is 17.4 Å². The smallest absolute Gasteiger partial charge is 0.134 e. The van der Waals surface area contributed by atoms with Crippen LogP contribution in [0.3, 0.4) is 0 Å². The molecule has 0 radical (unpaired) electrons. The molecule has 0 fully saturated rings. The second-order valence-corrected chi connectivity index (χ2v) is 3.50. The number of nitrogens with zero attached hydrogens (tertiary/aromatic N) is 1. The molecule has 84 valence electrons. The third-order valence-corrected chi connectivity index (χ3v) is 2.29. The maximum absolute atomic E-state index is 13.5. The van der Waals surface area contributed by atoms with Crippen LogP contribution in [0.5, 0.6) is 5.75 Å². The number of hydrogen-bond acceptors (Lipinski definition) is 2. The van der Waals surface area contributed by atoms with Crippen LogP contribution in [-0.2, 0) is 0 Å². The molecule has 0 saturated heterocycles. The van der Waals surface area contributed by atoms with E-state index in [1.165, 1.54) is 18.2 Å². The summed E-state index contributed by atoms with van der Waals surface area (Å²) in [6, 6.07) is 8.96. The molecule has 2 rings (SSSR count). The zero-order valence-electron chi connectivity index (χ0n) is 8.61. The van der Waals surface area contributed by atoms with Crippen molar-refractivity contribution in [2.24, 2.45) is 0 Å². The lowest BCUT2D eigenvalue weighted by atomic mass is 10.0. The van der Waals surface area contributed by atoms with Crippen LogP contribution in [0.15, 0.2) is 36.4 Å². The molecule has 2 aromatic carbocycles. The SMILES string of the molecule is N#Cc1cc(F)cc(-c2ccc(O)cc2F)c1. The first-order valence-electron chi connectivity index (χ1n) is 4.80. The fourth-order valence-electron chi connectivity index (χ4n) is 1.55. The van der Waals surface area contributed by atoms with E-state index >= 15 is 0 Å². The Kier molecular flexibility index (Phi) is 2.75. The molecular weight excluding hydrogens is 224 g/mol. The first kappa shape index (κ1) is 11.1. The van der Waals surface area contributed by atoms with Gasteiger partial charge in [0, 0.05) is 11.6 Å². The lowest BCUT2D eigenvalue weighted by Gasteiger charge is -2.04. The largest absolute Gasteiger partial charge is 0.508 e. The second kappa shape index (κ2) is 4.22. The van der Waals surface area contributed by atoms with Crippen molar-refractivity contribution in [2.75, 3.05) is 0 Å². The van der Waals surface area contributed by atoms with Crippen LogP contribution in [0.1, 0.15) is 5.56 Å². The van der Waals surface area contributed by atoms with Crippen molar-refractivity contribution in [2.45, 2.75) is 0 Å². The van der Waals surface area contributed by atoms with Crippen LogP contribution in [0.25, 0.3) is 11.1 Å². The van der Waals surface area contributed by atoms with Gasteiger partial charge in [0.25, 0.3) is 0 Å². The molecule has 4 heteroatoms. The van der Waals surface area contributed by atoms with Gasteiger partial charge in [-0.25, -0.2) is 8.78 Å². The Morgan fingerprint density at radius 3 is 2.47 bits per heavy atom. The van der Waals surface area contributed by atoms with E-state index in [-0.39, 0.29) is 22.4 Å². The highest BCUT2D eigenvalue weighted by molar-refractivity contribution is 5.66. The molecule has 0 amide bonds. The molecule has 0 aliphatic carbocycles. The first-order chi connectivity index (χ1) is 8.10. The van der Waals surface area contributed by atoms with E-state index < -0.39 is 11.6 Å². The van der Waals surface area contributed by atoms with Gasteiger partial charge in [0.15, 0.2) is 0 Å². The van der Waals surface area contributed by atoms with Crippen LogP contribution in [0.4, 0.5) is 8.78 Å². The van der Waals surface area contributed by atoms with Gasteiger partial charge in [-0.1, -0.05) is 0 Å². The van der Waals surface area contributed by atoms with Gasteiger partial charge >= 0.3 is 0 Å². The van der Waals surface area contributed by atoms with Gasteiger partial charge < -0.3 is 5.11 Å². The van der Waals surface area contributed by atoms with Gasteiger partial charge in [-0.3, -0.25) is 0 Å². The minimum Gasteiger partial charge on any atom is -0.508 e. The molecule has 0 saturated carbocycles. The summed E-state index contributed by atoms with van der Waals surface area (Å²) in [4.78, 5) is 0. The van der Waals surface area contributed by atoms with Crippen molar-refractivity contribution in [3.8, 4) is 22.9 Å². The zero-order chi connectivity index (χ0) is 12.4. The highest BCUT2D eigenvalue weighted by Gasteiger charge is 2.08. The quantitative estimate of drug-likeness (QED) is 0.818. The molecule has 17 heavy (non-hydrogen) atoms. The number of benzene rings is 2. The highest BCUT2D eigenvalue weighted by Crippen LogP contribution is 2.27. The minimum atomic E-state index is -0.667. The average Bonchev–Trinajstić information content (AvgIpc) is 2.28. The molecule has 0 aliphatic rings. The molecule has 0 spiro atoms. The number of rotatable bonds is 1. The summed E-state index contributed by atoms with van der Waals surface area (Å²) in [7, 11) is 0. The number of phenolic OH excluding ortho intramolecular Hbond substituents is 1. The van der Waals surface area contributed by atoms with Gasteiger partial charge in [-0.05, 0) is 35.9 Å². The molecule has 0 atom stereocenters. The zero-order valence-corrected chi connectivity index (χ0v) is 8.61. The molecular formula is C13H7F2NO. The minimum absolute atomic E-state index is 0.118. The summed E-state index contributed by atoms with van der Waals surface area (Å²) in [5.41, 5.74) is 0.519. The van der Waals surface area contributed by atoms with Crippen molar-refractivity contribution in [3.05, 3.63) is 53.6 Å². The van der Waals surface area contributed by atoms with Gasteiger partial charge in [0.2, 0.25) is 0 Å². The third-order valence-electron chi connectivity index (χ3n) is 2.29. The van der Waals surface area contributed by atoms with E-state index in [0.29, 0.717) is 0 Å². The van der Waals surface area contributed by atoms with Crippen molar-refractivity contribution < 1.29 is 13.9 Å². The van der Waals surface area contributed by atoms with E-state index in [1.807, 2.05) is 0 Å². The highest BCUT2D eigenvalue weighted by atomic mass is 19.1. The lowest BCUT2D eigenvalue weighted by molar-refractivity contribution is 0.469. The maximum atomic E-state index is 13.5. The monoisotopic (exact) mass is 231 g/mol. The Balaban J connectivity index is 2.61. The van der Waals surface area contributed by atoms with Gasteiger partial charge in [0.05, 0.1) is 11.6 Å². The summed E-state index contributed by atoms with van der Waals surface area (Å²) in [5.74, 6) is -1.48. The Labute approximate surface area is 96.4 Å². The van der Waals surface area contributed by atoms with E-state index in [0.717, 1.165) is 18.2 Å². The van der Waals surface area contributed by atoms with E-state index in [2.05, 4.69) is 0 Å². The Morgan fingerprint density at radius 1 is 1.06 bits per heavy atom. The molecule has 0 aromatic heterocycles. The lowest BCUT2D eigenvalue weighted by Crippen LogP contribution is -1.87. The standard InChI is InChI=1S/C13H7F2NO/c14-10-4-8(7-16)3-9(5-10)12-2-1-11(17)6-13(12)15/h1-6,17H. The number of aromatic hydroxyl groups is 1. The summed E-state index contributed by atoms with van der Waals surface area (Å²) < 4.78 is 26.7. The van der Waals surface area contributed by atoms with Crippen LogP contribution < -0.4 is 0 Å². The Morgan fingerprint density at radius 2 is 1.82 bits per heavy atom. The van der Waals surface area contributed by atoms with Crippen LogP contribution in [-0.4, -0.2) is 5.11 Å². The number of halogens is 2. The summed E-state index contributed by atoms with van der Waals surface area (Å²) >= 11 is 0. The van der Waals surface area contributed by atoms with E-state index in [1.54, 1.807) is 6.07 Å². The fraction of sp³-hybridized carbons (Fsp3) is 0. The van der Waals surface area contributed by atoms with Gasteiger partial charge in [-0.2, -0.15) is 5.26 Å². The molecule has 0 unspecified atom stereocenters. The molecule has 1 N–H and O–H groups in total. The first-order valence-corrected chi connectivity index (χ1v) is 4.80. The van der Waals surface area contributed by atoms with Crippen molar-refractivity contribution in [1.29, 1.82) is 5.26 Å². The van der Waals surface area contributed by atoms with E-state index in [9.17, 15) is 8.78 Å². The number of phenols is 1. The molecule has 0 heterocycles. The number of hydrogen-bond donors (Lipinski definition) is 1. The van der Waals surface area contributed by atoms with Crippen LogP contribution in [0.2, 0.25) is 0 Å². The van der Waals surface area contributed by atoms with Gasteiger partial charge in [-0.15, -0.1) is 0 Å². The topological polar surface area (TPSA) is 44.0 Å². The predicted molar refractivity (Wildman–Crippen MR) is 58.2 cm³/mol. The molecule has 0 bridgehead atoms. The summed E-state index contributed by atoms with van der Waals surface area (Å²) in [5, 5.41) is 17.8. The third kappa shape index (κ3) is 2.23. The van der Waals surface area contributed by atoms with E-state index in [4.69, 9.17) is 10.4 Å². The number of nitriles is 1. The average molecular weight is 231 g/mol. The molecule has 2 nitrogen and oxygen atoms in total. The van der Waals surface area contributed by atoms with Crippen LogP contribution in [0, 0.1) is 23.0 Å². The normalized spacial score (nSPS) is 9.94. The summed E-state index contributed by atoms with van der Waals surface area (Å²) in [6.07, 6.45) is 0. The van der Waals surface area contributed by atoms with Crippen molar-refractivity contribution >= 4 is 0 Å². The molecule has 2 aromatic rings. The van der Waals surface area contributed by atoms with Crippen molar-refractivity contribution in [3.63, 3.8) is 0 Å². The summed E-state index contributed by atoms with van der Waals surface area (Å²) in [6.45, 7) is 0. The fourth-order valence-corrected chi connectivity index (χ4v) is 1.55. The Hall–Kier alpha value is -2.41. The maximum Gasteiger partial charge on any atom is 0.134 e.